The highest BCUT2D eigenvalue weighted by Crippen LogP contribution is 2.36. The molecule has 0 unspecified atom stereocenters. The van der Waals surface area contributed by atoms with Crippen LogP contribution in [0.2, 0.25) is 0 Å². The molecule has 0 amide bonds. The van der Waals surface area contributed by atoms with Crippen molar-refractivity contribution < 1.29 is 8.42 Å². The summed E-state index contributed by atoms with van der Waals surface area (Å²) in [5, 5.41) is 3.29. The fourth-order valence-corrected chi connectivity index (χ4v) is 3.71. The van der Waals surface area contributed by atoms with Crippen molar-refractivity contribution in [2.75, 3.05) is 22.8 Å². The zero-order chi connectivity index (χ0) is 18.3. The highest BCUT2D eigenvalue weighted by atomic mass is 32.2. The largest absolute Gasteiger partial charge is 0.354 e. The molecule has 3 aromatic rings. The minimum atomic E-state index is -3.30. The maximum atomic E-state index is 11.4. The molecule has 0 bridgehead atoms. The monoisotopic (exact) mass is 369 g/mol. The Labute approximate surface area is 152 Å². The first-order chi connectivity index (χ1) is 12.4. The Hall–Kier alpha value is -2.87. The van der Waals surface area contributed by atoms with E-state index in [1.54, 1.807) is 12.1 Å². The van der Waals surface area contributed by atoms with Crippen LogP contribution in [0.15, 0.2) is 42.5 Å². The van der Waals surface area contributed by atoms with Gasteiger partial charge in [-0.05, 0) is 31.2 Å². The van der Waals surface area contributed by atoms with Crippen LogP contribution in [0.25, 0.3) is 22.6 Å². The number of hydrogen-bond acceptors (Lipinski definition) is 5. The van der Waals surface area contributed by atoms with Gasteiger partial charge < -0.3 is 9.88 Å². The molecule has 1 aliphatic heterocycles. The molecule has 2 N–H and O–H groups in total. The lowest BCUT2D eigenvalue weighted by molar-refractivity contribution is 0.607. The number of sulfonamides is 1. The second-order valence-corrected chi connectivity index (χ2v) is 8.08. The van der Waals surface area contributed by atoms with Crippen LogP contribution in [0, 0.1) is 6.92 Å². The van der Waals surface area contributed by atoms with Crippen molar-refractivity contribution in [1.82, 2.24) is 14.5 Å². The van der Waals surface area contributed by atoms with E-state index in [0.29, 0.717) is 5.69 Å². The number of fused-ring (bicyclic) bond motifs is 1. The topological polar surface area (TPSA) is 88.9 Å². The number of rotatable bonds is 4. The van der Waals surface area contributed by atoms with E-state index in [2.05, 4.69) is 19.6 Å². The van der Waals surface area contributed by atoms with E-state index < -0.39 is 10.0 Å². The molecule has 7 nitrogen and oxygen atoms in total. The third-order valence-corrected chi connectivity index (χ3v) is 4.79. The number of nitrogens with zero attached hydrogens (tertiary/aromatic N) is 3. The summed E-state index contributed by atoms with van der Waals surface area (Å²) < 4.78 is 27.4. The molecule has 8 heteroatoms. The molecule has 2 aromatic heterocycles. The Morgan fingerprint density at radius 1 is 1.12 bits per heavy atom. The van der Waals surface area contributed by atoms with Gasteiger partial charge in [0.2, 0.25) is 16.0 Å². The van der Waals surface area contributed by atoms with Crippen molar-refractivity contribution >= 4 is 21.7 Å². The number of imidazole rings is 1. The van der Waals surface area contributed by atoms with Gasteiger partial charge in [0.05, 0.1) is 17.6 Å². The highest BCUT2D eigenvalue weighted by molar-refractivity contribution is 7.92. The van der Waals surface area contributed by atoms with Gasteiger partial charge in [0.1, 0.15) is 5.69 Å². The molecule has 0 saturated heterocycles. The molecule has 0 saturated carbocycles. The number of pyridine rings is 1. The first-order valence-electron chi connectivity index (χ1n) is 8.27. The highest BCUT2D eigenvalue weighted by Gasteiger charge is 2.23. The van der Waals surface area contributed by atoms with Gasteiger partial charge in [0.25, 0.3) is 0 Å². The van der Waals surface area contributed by atoms with Crippen LogP contribution in [0.1, 0.15) is 5.69 Å². The Morgan fingerprint density at radius 3 is 2.58 bits per heavy atom. The maximum absolute atomic E-state index is 11.4. The van der Waals surface area contributed by atoms with Crippen LogP contribution >= 0.6 is 0 Å². The van der Waals surface area contributed by atoms with E-state index >= 15 is 0 Å². The summed E-state index contributed by atoms with van der Waals surface area (Å²) in [5.74, 6) is 0.830. The number of nitrogens with one attached hydrogen (secondary N) is 2. The van der Waals surface area contributed by atoms with E-state index in [1.165, 1.54) is 0 Å². The van der Waals surface area contributed by atoms with Gasteiger partial charge in [-0.1, -0.05) is 18.2 Å². The number of hydrogen-bond donors (Lipinski definition) is 2. The molecule has 1 aromatic carbocycles. The van der Waals surface area contributed by atoms with E-state index in [0.717, 1.165) is 53.6 Å². The first kappa shape index (κ1) is 16.6. The molecule has 26 heavy (non-hydrogen) atoms. The van der Waals surface area contributed by atoms with Gasteiger partial charge in [-0.15, -0.1) is 0 Å². The van der Waals surface area contributed by atoms with Gasteiger partial charge in [-0.25, -0.2) is 13.4 Å². The lowest BCUT2D eigenvalue weighted by Gasteiger charge is -2.09. The average Bonchev–Trinajstić information content (AvgIpc) is 3.15. The number of aryl methyl sites for hydroxylation is 1. The van der Waals surface area contributed by atoms with Crippen LogP contribution < -0.4 is 10.0 Å². The summed E-state index contributed by atoms with van der Waals surface area (Å²) in [6.07, 6.45) is 1.14. The summed E-state index contributed by atoms with van der Waals surface area (Å²) in [7, 11) is -3.30. The Bertz CT molecular complexity index is 1070. The molecule has 0 radical (unpaired) electrons. The molecular formula is C18H19N5O2S. The minimum absolute atomic E-state index is 0.533. The van der Waals surface area contributed by atoms with Crippen molar-refractivity contribution in [3.05, 3.63) is 48.2 Å². The molecule has 134 valence electrons. The van der Waals surface area contributed by atoms with Crippen molar-refractivity contribution in [3.63, 3.8) is 0 Å². The van der Waals surface area contributed by atoms with Crippen LogP contribution in [-0.4, -0.2) is 35.8 Å². The van der Waals surface area contributed by atoms with Crippen LogP contribution in [0.5, 0.6) is 0 Å². The van der Waals surface area contributed by atoms with Crippen LogP contribution in [0.3, 0.4) is 0 Å². The number of anilines is 2. The zero-order valence-corrected chi connectivity index (χ0v) is 15.3. The van der Waals surface area contributed by atoms with Gasteiger partial charge in [0.15, 0.2) is 0 Å². The van der Waals surface area contributed by atoms with E-state index in [1.807, 2.05) is 37.3 Å². The van der Waals surface area contributed by atoms with Crippen LogP contribution in [-0.2, 0) is 16.6 Å². The molecule has 0 spiro atoms. The van der Waals surface area contributed by atoms with E-state index in [-0.39, 0.29) is 0 Å². The minimum Gasteiger partial charge on any atom is -0.354 e. The Balaban J connectivity index is 1.81. The SMILES string of the molecule is Cc1cccc(-c2nc3n(c2-c2ccc(NS(C)(=O)=O)cc2)CCN3)n1. The van der Waals surface area contributed by atoms with E-state index in [9.17, 15) is 8.42 Å². The van der Waals surface area contributed by atoms with Gasteiger partial charge in [-0.2, -0.15) is 0 Å². The zero-order valence-electron chi connectivity index (χ0n) is 14.5. The summed E-state index contributed by atoms with van der Waals surface area (Å²) in [6.45, 7) is 3.62. The predicted molar refractivity (Wildman–Crippen MR) is 103 cm³/mol. The molecule has 0 fully saturated rings. The first-order valence-corrected chi connectivity index (χ1v) is 10.2. The lowest BCUT2D eigenvalue weighted by atomic mass is 10.1. The molecule has 1 aliphatic rings. The molecular weight excluding hydrogens is 350 g/mol. The van der Waals surface area contributed by atoms with Gasteiger partial charge >= 0.3 is 0 Å². The summed E-state index contributed by atoms with van der Waals surface area (Å²) in [6, 6.07) is 13.2. The fourth-order valence-electron chi connectivity index (χ4n) is 3.14. The lowest BCUT2D eigenvalue weighted by Crippen LogP contribution is -2.09. The summed E-state index contributed by atoms with van der Waals surface area (Å²) in [5.41, 5.74) is 5.05. The van der Waals surface area contributed by atoms with Crippen molar-refractivity contribution in [3.8, 4) is 22.6 Å². The fraction of sp³-hybridized carbons (Fsp3) is 0.222. The molecule has 0 atom stereocenters. The third kappa shape index (κ3) is 3.15. The summed E-state index contributed by atoms with van der Waals surface area (Å²) >= 11 is 0. The normalized spacial score (nSPS) is 13.3. The van der Waals surface area contributed by atoms with E-state index in [4.69, 9.17) is 4.98 Å². The maximum Gasteiger partial charge on any atom is 0.229 e. The summed E-state index contributed by atoms with van der Waals surface area (Å²) in [4.78, 5) is 9.35. The van der Waals surface area contributed by atoms with Crippen molar-refractivity contribution in [2.24, 2.45) is 0 Å². The quantitative estimate of drug-likeness (QED) is 0.738. The molecule has 3 heterocycles. The van der Waals surface area contributed by atoms with Gasteiger partial charge in [0, 0.05) is 30.0 Å². The molecule has 0 aliphatic carbocycles. The number of benzene rings is 1. The Kier molecular flexibility index (Phi) is 3.91. The second kappa shape index (κ2) is 6.14. The average molecular weight is 369 g/mol. The second-order valence-electron chi connectivity index (χ2n) is 6.33. The van der Waals surface area contributed by atoms with Gasteiger partial charge in [-0.3, -0.25) is 9.71 Å². The molecule has 4 rings (SSSR count). The standard InChI is InChI=1S/C18H19N5O2S/c1-12-4-3-5-15(20-12)16-17(23-11-10-19-18(23)21-16)13-6-8-14(9-7-13)22-26(2,24)25/h3-9,22H,10-11H2,1-2H3,(H,19,21). The Morgan fingerprint density at radius 2 is 1.88 bits per heavy atom. The van der Waals surface area contributed by atoms with Crippen LogP contribution in [0.4, 0.5) is 11.6 Å². The third-order valence-electron chi connectivity index (χ3n) is 4.18. The predicted octanol–water partition coefficient (Wildman–Crippen LogP) is 2.72. The smallest absolute Gasteiger partial charge is 0.229 e. The van der Waals surface area contributed by atoms with Crippen molar-refractivity contribution in [2.45, 2.75) is 13.5 Å². The number of aromatic nitrogens is 3. The van der Waals surface area contributed by atoms with Crippen molar-refractivity contribution in [1.29, 1.82) is 0 Å².